The molecule has 0 bridgehead atoms. The smallest absolute Gasteiger partial charge is 0.309 e. The first kappa shape index (κ1) is 10.3. The highest BCUT2D eigenvalue weighted by atomic mass is 16.5. The van der Waals surface area contributed by atoms with Gasteiger partial charge in [-0.3, -0.25) is 4.79 Å². The van der Waals surface area contributed by atoms with E-state index in [-0.39, 0.29) is 11.6 Å². The molecule has 1 atom stereocenters. The van der Waals surface area contributed by atoms with E-state index in [1.807, 2.05) is 26.0 Å². The molecule has 0 aromatic carbocycles. The minimum absolute atomic E-state index is 0.180. The standard InChI is InChI=1S/C10H16O3/c1-3-12-9(11)8-10(13-4-2)6-5-7-10/h5-6H,3-4,7-8H2,1-2H3. The van der Waals surface area contributed by atoms with E-state index >= 15 is 0 Å². The maximum atomic E-state index is 11.2. The SMILES string of the molecule is CCOC(=O)CC1(OCC)C=CC1. The van der Waals surface area contributed by atoms with Gasteiger partial charge >= 0.3 is 5.97 Å². The second-order valence-electron chi connectivity index (χ2n) is 3.09. The van der Waals surface area contributed by atoms with Gasteiger partial charge in [-0.25, -0.2) is 0 Å². The summed E-state index contributed by atoms with van der Waals surface area (Å²) >= 11 is 0. The van der Waals surface area contributed by atoms with Gasteiger partial charge in [0.15, 0.2) is 0 Å². The Labute approximate surface area is 78.7 Å². The molecule has 0 aliphatic heterocycles. The number of hydrogen-bond acceptors (Lipinski definition) is 3. The highest BCUT2D eigenvalue weighted by molar-refractivity contribution is 5.71. The van der Waals surface area contributed by atoms with Crippen LogP contribution >= 0.6 is 0 Å². The molecule has 0 heterocycles. The topological polar surface area (TPSA) is 35.5 Å². The van der Waals surface area contributed by atoms with Crippen LogP contribution in [0.4, 0.5) is 0 Å². The van der Waals surface area contributed by atoms with Crippen molar-refractivity contribution in [2.45, 2.75) is 32.3 Å². The Balaban J connectivity index is 2.40. The number of ether oxygens (including phenoxy) is 2. The lowest BCUT2D eigenvalue weighted by Crippen LogP contribution is -2.38. The van der Waals surface area contributed by atoms with Gasteiger partial charge in [0.1, 0.15) is 5.60 Å². The van der Waals surface area contributed by atoms with E-state index in [1.54, 1.807) is 0 Å². The molecular formula is C10H16O3. The van der Waals surface area contributed by atoms with Crippen LogP contribution in [-0.2, 0) is 14.3 Å². The molecule has 0 radical (unpaired) electrons. The first-order valence-corrected chi connectivity index (χ1v) is 4.69. The summed E-state index contributed by atoms with van der Waals surface area (Å²) in [5.74, 6) is -0.180. The van der Waals surface area contributed by atoms with Crippen molar-refractivity contribution in [3.8, 4) is 0 Å². The highest BCUT2D eigenvalue weighted by Gasteiger charge is 2.35. The molecule has 0 aromatic rings. The van der Waals surface area contributed by atoms with E-state index in [0.29, 0.717) is 19.6 Å². The normalized spacial score (nSPS) is 25.4. The molecule has 74 valence electrons. The van der Waals surface area contributed by atoms with E-state index in [1.165, 1.54) is 0 Å². The van der Waals surface area contributed by atoms with Crippen molar-refractivity contribution in [1.82, 2.24) is 0 Å². The van der Waals surface area contributed by atoms with Crippen LogP contribution < -0.4 is 0 Å². The molecule has 13 heavy (non-hydrogen) atoms. The van der Waals surface area contributed by atoms with E-state index in [4.69, 9.17) is 9.47 Å². The molecule has 3 nitrogen and oxygen atoms in total. The summed E-state index contributed by atoms with van der Waals surface area (Å²) < 4.78 is 10.4. The minimum atomic E-state index is -0.360. The van der Waals surface area contributed by atoms with E-state index in [2.05, 4.69) is 0 Å². The molecule has 0 fully saturated rings. The first-order valence-electron chi connectivity index (χ1n) is 4.69. The average molecular weight is 184 g/mol. The molecule has 0 amide bonds. The second-order valence-corrected chi connectivity index (χ2v) is 3.09. The van der Waals surface area contributed by atoms with Gasteiger partial charge in [0.05, 0.1) is 13.0 Å². The molecule has 0 spiro atoms. The Morgan fingerprint density at radius 2 is 2.15 bits per heavy atom. The number of carbonyl (C=O) groups is 1. The Morgan fingerprint density at radius 1 is 1.46 bits per heavy atom. The second kappa shape index (κ2) is 4.42. The van der Waals surface area contributed by atoms with Gasteiger partial charge in [-0.2, -0.15) is 0 Å². The molecule has 1 rings (SSSR count). The van der Waals surface area contributed by atoms with Crippen LogP contribution in [-0.4, -0.2) is 24.8 Å². The predicted octanol–water partition coefficient (Wildman–Crippen LogP) is 1.67. The van der Waals surface area contributed by atoms with Crippen LogP contribution in [0.2, 0.25) is 0 Å². The monoisotopic (exact) mass is 184 g/mol. The maximum Gasteiger partial charge on any atom is 0.309 e. The summed E-state index contributed by atoms with van der Waals surface area (Å²) in [7, 11) is 0. The largest absolute Gasteiger partial charge is 0.466 e. The van der Waals surface area contributed by atoms with E-state index < -0.39 is 0 Å². The third-order valence-electron chi connectivity index (χ3n) is 2.07. The van der Waals surface area contributed by atoms with Gasteiger partial charge in [0, 0.05) is 6.61 Å². The third-order valence-corrected chi connectivity index (χ3v) is 2.07. The van der Waals surface area contributed by atoms with Crippen molar-refractivity contribution in [1.29, 1.82) is 0 Å². The van der Waals surface area contributed by atoms with E-state index in [9.17, 15) is 4.79 Å². The summed E-state index contributed by atoms with van der Waals surface area (Å²) in [5, 5.41) is 0. The van der Waals surface area contributed by atoms with Crippen molar-refractivity contribution in [3.63, 3.8) is 0 Å². The van der Waals surface area contributed by atoms with Crippen LogP contribution in [0, 0.1) is 0 Å². The van der Waals surface area contributed by atoms with Gasteiger partial charge in [-0.05, 0) is 20.3 Å². The first-order chi connectivity index (χ1) is 6.22. The van der Waals surface area contributed by atoms with Crippen LogP contribution in [0.1, 0.15) is 26.7 Å². The zero-order valence-corrected chi connectivity index (χ0v) is 8.21. The number of carbonyl (C=O) groups excluding carboxylic acids is 1. The fourth-order valence-electron chi connectivity index (χ4n) is 1.41. The Kier molecular flexibility index (Phi) is 3.48. The van der Waals surface area contributed by atoms with Crippen molar-refractivity contribution >= 4 is 5.97 Å². The molecule has 1 unspecified atom stereocenters. The van der Waals surface area contributed by atoms with Gasteiger partial charge in [0.25, 0.3) is 0 Å². The maximum absolute atomic E-state index is 11.2. The number of rotatable bonds is 5. The minimum Gasteiger partial charge on any atom is -0.466 e. The Bertz CT molecular complexity index is 210. The molecule has 0 saturated carbocycles. The summed E-state index contributed by atoms with van der Waals surface area (Å²) in [6.45, 7) is 4.80. The van der Waals surface area contributed by atoms with Crippen molar-refractivity contribution in [2.24, 2.45) is 0 Å². The zero-order chi connectivity index (χ0) is 9.73. The van der Waals surface area contributed by atoms with Crippen molar-refractivity contribution in [2.75, 3.05) is 13.2 Å². The summed E-state index contributed by atoms with van der Waals surface area (Å²) in [6, 6.07) is 0. The van der Waals surface area contributed by atoms with Gasteiger partial charge in [-0.15, -0.1) is 0 Å². The highest BCUT2D eigenvalue weighted by Crippen LogP contribution is 2.31. The van der Waals surface area contributed by atoms with Crippen LogP contribution in [0.15, 0.2) is 12.2 Å². The summed E-state index contributed by atoms with van der Waals surface area (Å²) in [5.41, 5.74) is -0.360. The molecule has 0 aromatic heterocycles. The predicted molar refractivity (Wildman–Crippen MR) is 49.4 cm³/mol. The van der Waals surface area contributed by atoms with Crippen LogP contribution in [0.25, 0.3) is 0 Å². The number of esters is 1. The summed E-state index contributed by atoms with van der Waals surface area (Å²) in [6.07, 6.45) is 5.10. The lowest BCUT2D eigenvalue weighted by molar-refractivity contribution is -0.149. The lowest BCUT2D eigenvalue weighted by Gasteiger charge is -2.34. The van der Waals surface area contributed by atoms with E-state index in [0.717, 1.165) is 6.42 Å². The van der Waals surface area contributed by atoms with Gasteiger partial charge in [0.2, 0.25) is 0 Å². The molecule has 3 heteroatoms. The molecule has 1 aliphatic carbocycles. The average Bonchev–Trinajstić information content (AvgIpc) is 2.01. The fourth-order valence-corrected chi connectivity index (χ4v) is 1.41. The quantitative estimate of drug-likeness (QED) is 0.481. The lowest BCUT2D eigenvalue weighted by atomic mass is 9.86. The van der Waals surface area contributed by atoms with Crippen LogP contribution in [0.5, 0.6) is 0 Å². The Morgan fingerprint density at radius 3 is 2.54 bits per heavy atom. The molecular weight excluding hydrogens is 168 g/mol. The van der Waals surface area contributed by atoms with Crippen molar-refractivity contribution < 1.29 is 14.3 Å². The number of hydrogen-bond donors (Lipinski definition) is 0. The molecule has 0 N–H and O–H groups in total. The Hall–Kier alpha value is -0.830. The van der Waals surface area contributed by atoms with Gasteiger partial charge < -0.3 is 9.47 Å². The van der Waals surface area contributed by atoms with Crippen LogP contribution in [0.3, 0.4) is 0 Å². The third kappa shape index (κ3) is 2.56. The van der Waals surface area contributed by atoms with Gasteiger partial charge in [-0.1, -0.05) is 12.2 Å². The fraction of sp³-hybridized carbons (Fsp3) is 0.700. The zero-order valence-electron chi connectivity index (χ0n) is 8.21. The van der Waals surface area contributed by atoms with Crippen molar-refractivity contribution in [3.05, 3.63) is 12.2 Å². The molecule has 0 saturated heterocycles. The molecule has 1 aliphatic rings. The summed E-state index contributed by atoms with van der Waals surface area (Å²) in [4.78, 5) is 11.2.